The monoisotopic (exact) mass is 285 g/mol. The molecule has 0 aliphatic carbocycles. The summed E-state index contributed by atoms with van der Waals surface area (Å²) in [6, 6.07) is 0. The smallest absolute Gasteiger partial charge is 0.185 e. The highest BCUT2D eigenvalue weighted by Gasteiger charge is 2.20. The van der Waals surface area contributed by atoms with Gasteiger partial charge in [0.15, 0.2) is 5.13 Å². The molecule has 1 aromatic heterocycles. The van der Waals surface area contributed by atoms with E-state index < -0.39 is 0 Å². The Morgan fingerprint density at radius 3 is 2.89 bits per heavy atom. The number of piperidine rings is 1. The van der Waals surface area contributed by atoms with Crippen LogP contribution in [0.25, 0.3) is 0 Å². The lowest BCUT2D eigenvalue weighted by Gasteiger charge is -2.30. The Kier molecular flexibility index (Phi) is 6.03. The molecule has 0 aromatic carbocycles. The van der Waals surface area contributed by atoms with Gasteiger partial charge in [-0.3, -0.25) is 0 Å². The van der Waals surface area contributed by atoms with Crippen molar-refractivity contribution in [1.82, 2.24) is 10.3 Å². The molecule has 1 aromatic rings. The second-order valence-electron chi connectivity index (χ2n) is 4.71. The Hall–Kier alpha value is -0.690. The predicted octanol–water partition coefficient (Wildman–Crippen LogP) is 1.49. The molecule has 0 unspecified atom stereocenters. The summed E-state index contributed by atoms with van der Waals surface area (Å²) in [7, 11) is 3.51. The predicted molar refractivity (Wildman–Crippen MR) is 77.9 cm³/mol. The lowest BCUT2D eigenvalue weighted by Crippen LogP contribution is -2.36. The average Bonchev–Trinajstić information content (AvgIpc) is 2.92. The van der Waals surface area contributed by atoms with Crippen molar-refractivity contribution in [3.8, 4) is 0 Å². The van der Waals surface area contributed by atoms with Crippen LogP contribution in [0.15, 0.2) is 5.38 Å². The fraction of sp³-hybridized carbons (Fsp3) is 0.769. The van der Waals surface area contributed by atoms with Crippen LogP contribution < -0.4 is 10.2 Å². The van der Waals surface area contributed by atoms with Gasteiger partial charge in [-0.05, 0) is 12.8 Å². The van der Waals surface area contributed by atoms with E-state index in [0.29, 0.717) is 6.10 Å². The van der Waals surface area contributed by atoms with Crippen LogP contribution in [0.5, 0.6) is 0 Å². The van der Waals surface area contributed by atoms with Crippen LogP contribution in [0.1, 0.15) is 18.5 Å². The summed E-state index contributed by atoms with van der Waals surface area (Å²) in [6.45, 7) is 4.50. The summed E-state index contributed by atoms with van der Waals surface area (Å²) in [5.41, 5.74) is 1.12. The van der Waals surface area contributed by atoms with Gasteiger partial charge in [0, 0.05) is 45.8 Å². The van der Waals surface area contributed by atoms with Crippen molar-refractivity contribution >= 4 is 16.5 Å². The van der Waals surface area contributed by atoms with Gasteiger partial charge in [-0.25, -0.2) is 4.98 Å². The first-order valence-electron chi connectivity index (χ1n) is 6.75. The second-order valence-corrected chi connectivity index (χ2v) is 5.55. The van der Waals surface area contributed by atoms with Crippen molar-refractivity contribution < 1.29 is 9.47 Å². The van der Waals surface area contributed by atoms with Gasteiger partial charge in [0.25, 0.3) is 0 Å². The summed E-state index contributed by atoms with van der Waals surface area (Å²) >= 11 is 1.73. The number of nitrogens with one attached hydrogen (secondary N) is 1. The highest BCUT2D eigenvalue weighted by molar-refractivity contribution is 7.13. The van der Waals surface area contributed by atoms with E-state index in [4.69, 9.17) is 9.47 Å². The van der Waals surface area contributed by atoms with Crippen LogP contribution in [0.2, 0.25) is 0 Å². The van der Waals surface area contributed by atoms with Gasteiger partial charge in [0.1, 0.15) is 0 Å². The number of hydrogen-bond donors (Lipinski definition) is 1. The van der Waals surface area contributed by atoms with E-state index in [9.17, 15) is 0 Å². The maximum Gasteiger partial charge on any atom is 0.185 e. The third-order valence-electron chi connectivity index (χ3n) is 3.37. The fourth-order valence-corrected chi connectivity index (χ4v) is 3.08. The minimum atomic E-state index is 0.423. The SMILES string of the molecule is COCCNCc1csc(N2CCC(OC)CC2)n1. The molecule has 0 saturated carbocycles. The van der Waals surface area contributed by atoms with Crippen molar-refractivity contribution in [2.24, 2.45) is 0 Å². The molecule has 1 saturated heterocycles. The molecule has 5 nitrogen and oxygen atoms in total. The molecule has 0 amide bonds. The highest BCUT2D eigenvalue weighted by Crippen LogP contribution is 2.24. The van der Waals surface area contributed by atoms with E-state index >= 15 is 0 Å². The standard InChI is InChI=1S/C13H23N3O2S/c1-17-8-5-14-9-11-10-19-13(15-11)16-6-3-12(18-2)4-7-16/h10,12,14H,3-9H2,1-2H3. The first-order valence-corrected chi connectivity index (χ1v) is 7.63. The molecule has 1 aliphatic rings. The highest BCUT2D eigenvalue weighted by atomic mass is 32.1. The molecule has 1 aliphatic heterocycles. The quantitative estimate of drug-likeness (QED) is 0.769. The molecule has 0 bridgehead atoms. The molecule has 0 atom stereocenters. The molecule has 1 fully saturated rings. The normalized spacial score (nSPS) is 17.1. The van der Waals surface area contributed by atoms with Gasteiger partial charge >= 0.3 is 0 Å². The topological polar surface area (TPSA) is 46.6 Å². The van der Waals surface area contributed by atoms with Crippen LogP contribution >= 0.6 is 11.3 Å². The van der Waals surface area contributed by atoms with Crippen LogP contribution in [0.3, 0.4) is 0 Å². The van der Waals surface area contributed by atoms with Crippen LogP contribution in [-0.4, -0.2) is 51.5 Å². The van der Waals surface area contributed by atoms with E-state index in [0.717, 1.165) is 56.5 Å². The molecule has 0 radical (unpaired) electrons. The molecular weight excluding hydrogens is 262 g/mol. The Morgan fingerprint density at radius 1 is 1.42 bits per heavy atom. The molecule has 2 rings (SSSR count). The molecule has 108 valence electrons. The van der Waals surface area contributed by atoms with E-state index in [-0.39, 0.29) is 0 Å². The van der Waals surface area contributed by atoms with Gasteiger partial charge in [0.2, 0.25) is 0 Å². The first-order chi connectivity index (χ1) is 9.33. The zero-order valence-electron chi connectivity index (χ0n) is 11.7. The largest absolute Gasteiger partial charge is 0.383 e. The number of aromatic nitrogens is 1. The van der Waals surface area contributed by atoms with Gasteiger partial charge < -0.3 is 19.7 Å². The van der Waals surface area contributed by atoms with Crippen molar-refractivity contribution in [2.45, 2.75) is 25.5 Å². The van der Waals surface area contributed by atoms with Crippen molar-refractivity contribution in [2.75, 3.05) is 45.4 Å². The molecule has 1 N–H and O–H groups in total. The Morgan fingerprint density at radius 2 is 2.21 bits per heavy atom. The minimum Gasteiger partial charge on any atom is -0.383 e. The lowest BCUT2D eigenvalue weighted by molar-refractivity contribution is 0.0819. The molecule has 2 heterocycles. The first kappa shape index (κ1) is 14.7. The average molecular weight is 285 g/mol. The Labute approximate surface area is 118 Å². The van der Waals surface area contributed by atoms with Crippen molar-refractivity contribution in [3.05, 3.63) is 11.1 Å². The van der Waals surface area contributed by atoms with E-state index in [1.54, 1.807) is 25.6 Å². The second kappa shape index (κ2) is 7.79. The number of nitrogens with zero attached hydrogens (tertiary/aromatic N) is 2. The van der Waals surface area contributed by atoms with Crippen molar-refractivity contribution in [3.63, 3.8) is 0 Å². The van der Waals surface area contributed by atoms with Crippen molar-refractivity contribution in [1.29, 1.82) is 0 Å². The van der Waals surface area contributed by atoms with E-state index in [2.05, 4.69) is 20.6 Å². The Balaban J connectivity index is 1.77. The van der Waals surface area contributed by atoms with E-state index in [1.807, 2.05) is 0 Å². The Bertz CT molecular complexity index is 365. The zero-order chi connectivity index (χ0) is 13.5. The zero-order valence-corrected chi connectivity index (χ0v) is 12.5. The van der Waals surface area contributed by atoms with Crippen LogP contribution in [-0.2, 0) is 16.0 Å². The summed E-state index contributed by atoms with van der Waals surface area (Å²) in [4.78, 5) is 7.04. The third kappa shape index (κ3) is 4.42. The summed E-state index contributed by atoms with van der Waals surface area (Å²) in [6.07, 6.45) is 2.61. The number of hydrogen-bond acceptors (Lipinski definition) is 6. The molecular formula is C13H23N3O2S. The van der Waals surface area contributed by atoms with Crippen LogP contribution in [0.4, 0.5) is 5.13 Å². The summed E-state index contributed by atoms with van der Waals surface area (Å²) in [5.74, 6) is 0. The van der Waals surface area contributed by atoms with Gasteiger partial charge in [-0.2, -0.15) is 0 Å². The van der Waals surface area contributed by atoms with Crippen LogP contribution in [0, 0.1) is 0 Å². The summed E-state index contributed by atoms with van der Waals surface area (Å²) < 4.78 is 10.4. The fourth-order valence-electron chi connectivity index (χ4n) is 2.20. The molecule has 0 spiro atoms. The van der Waals surface area contributed by atoms with Gasteiger partial charge in [0.05, 0.1) is 18.4 Å². The molecule has 6 heteroatoms. The number of methoxy groups -OCH3 is 2. The van der Waals surface area contributed by atoms with Gasteiger partial charge in [-0.1, -0.05) is 0 Å². The number of anilines is 1. The molecule has 19 heavy (non-hydrogen) atoms. The lowest BCUT2D eigenvalue weighted by atomic mass is 10.1. The maximum absolute atomic E-state index is 5.39. The third-order valence-corrected chi connectivity index (χ3v) is 4.32. The maximum atomic E-state index is 5.39. The minimum absolute atomic E-state index is 0.423. The number of thiazole rings is 1. The number of rotatable bonds is 7. The van der Waals surface area contributed by atoms with E-state index in [1.165, 1.54) is 0 Å². The summed E-state index contributed by atoms with van der Waals surface area (Å²) in [5, 5.41) is 6.59. The van der Waals surface area contributed by atoms with Gasteiger partial charge in [-0.15, -0.1) is 11.3 Å². The number of ether oxygens (including phenoxy) is 2.